The van der Waals surface area contributed by atoms with Crippen LogP contribution in [0, 0.1) is 5.92 Å². The summed E-state index contributed by atoms with van der Waals surface area (Å²) in [6.45, 7) is 1.59. The van der Waals surface area contributed by atoms with E-state index in [2.05, 4.69) is 0 Å². The summed E-state index contributed by atoms with van der Waals surface area (Å²) in [7, 11) is 0. The predicted molar refractivity (Wildman–Crippen MR) is 107 cm³/mol. The lowest BCUT2D eigenvalue weighted by Gasteiger charge is -2.48. The quantitative estimate of drug-likeness (QED) is 0.390. The van der Waals surface area contributed by atoms with Crippen LogP contribution in [-0.4, -0.2) is 10.9 Å². The van der Waals surface area contributed by atoms with Crippen LogP contribution in [0.15, 0.2) is 42.5 Å². The average molecular weight is 495 g/mol. The van der Waals surface area contributed by atoms with E-state index in [4.69, 9.17) is 0 Å². The molecule has 1 nitrogen and oxygen atoms in total. The van der Waals surface area contributed by atoms with Gasteiger partial charge in [0.1, 0.15) is 0 Å². The minimum atomic E-state index is -4.84. The third-order valence-electron chi connectivity index (χ3n) is 7.07. The van der Waals surface area contributed by atoms with Crippen molar-refractivity contribution in [3.05, 3.63) is 70.3 Å². The van der Waals surface area contributed by atoms with E-state index in [0.29, 0.717) is 49.4 Å². The number of piperidine rings is 1. The molecule has 2 saturated heterocycles. The summed E-state index contributed by atoms with van der Waals surface area (Å²) >= 11 is 0. The smallest absolute Gasteiger partial charge is 0.286 e. The fraction of sp³-hybridized carbons (Fsp3) is 0.500. The maximum absolute atomic E-state index is 13.7. The molecule has 2 aromatic carbocycles. The van der Waals surface area contributed by atoms with Crippen LogP contribution in [0.3, 0.4) is 0 Å². The van der Waals surface area contributed by atoms with Crippen molar-refractivity contribution < 1.29 is 39.5 Å². The molecule has 3 atom stereocenters. The number of fused-ring (bicyclic) bond motifs is 2. The van der Waals surface area contributed by atoms with Crippen molar-refractivity contribution in [1.82, 2.24) is 4.90 Å². The summed E-state index contributed by atoms with van der Waals surface area (Å²) in [6.07, 6.45) is -11.9. The molecular weight excluding hydrogens is 473 g/mol. The summed E-state index contributed by atoms with van der Waals surface area (Å²) in [5, 5.41) is 0. The zero-order valence-corrected chi connectivity index (χ0v) is 18.1. The molecule has 0 unspecified atom stereocenters. The second-order valence-corrected chi connectivity index (χ2v) is 9.34. The highest BCUT2D eigenvalue weighted by Crippen LogP contribution is 2.53. The van der Waals surface area contributed by atoms with Crippen LogP contribution in [0.5, 0.6) is 0 Å². The van der Waals surface area contributed by atoms with Crippen molar-refractivity contribution in [3.63, 3.8) is 0 Å². The summed E-state index contributed by atoms with van der Waals surface area (Å²) < 4.78 is 120. The van der Waals surface area contributed by atoms with Crippen molar-refractivity contribution >= 4 is 0 Å². The highest BCUT2D eigenvalue weighted by molar-refractivity contribution is 5.37. The van der Waals surface area contributed by atoms with Crippen molar-refractivity contribution in [3.8, 4) is 0 Å². The molecule has 2 bridgehead atoms. The largest absolute Gasteiger partial charge is 0.416 e. The minimum Gasteiger partial charge on any atom is -0.286 e. The topological polar surface area (TPSA) is 3.24 Å². The van der Waals surface area contributed by atoms with Gasteiger partial charge >= 0.3 is 18.5 Å². The van der Waals surface area contributed by atoms with E-state index in [-0.39, 0.29) is 18.5 Å². The van der Waals surface area contributed by atoms with Crippen molar-refractivity contribution in [2.24, 2.45) is 5.92 Å². The van der Waals surface area contributed by atoms with Gasteiger partial charge in [-0.05, 0) is 73.1 Å². The molecule has 0 aliphatic carbocycles. The predicted octanol–water partition coefficient (Wildman–Crippen LogP) is 8.03. The Morgan fingerprint density at radius 1 is 0.824 bits per heavy atom. The molecule has 0 radical (unpaired) electrons. The summed E-state index contributed by atoms with van der Waals surface area (Å²) in [6, 6.07) is 5.81. The Morgan fingerprint density at radius 2 is 1.41 bits per heavy atom. The van der Waals surface area contributed by atoms with Gasteiger partial charge in [0.15, 0.2) is 0 Å². The van der Waals surface area contributed by atoms with Gasteiger partial charge in [-0.1, -0.05) is 19.1 Å². The Morgan fingerprint density at radius 3 is 1.97 bits per heavy atom. The van der Waals surface area contributed by atoms with Gasteiger partial charge in [0.25, 0.3) is 0 Å². The minimum absolute atomic E-state index is 0.162. The molecule has 2 aliphatic rings. The molecule has 0 saturated carbocycles. The first-order valence-electron chi connectivity index (χ1n) is 10.8. The van der Waals surface area contributed by atoms with Crippen molar-refractivity contribution in [2.45, 2.75) is 69.3 Å². The number of benzene rings is 2. The molecule has 2 fully saturated rings. The van der Waals surface area contributed by atoms with E-state index in [9.17, 15) is 39.5 Å². The van der Waals surface area contributed by atoms with Crippen LogP contribution in [0.2, 0.25) is 0 Å². The van der Waals surface area contributed by atoms with Gasteiger partial charge in [0.05, 0.1) is 16.7 Å². The second-order valence-electron chi connectivity index (χ2n) is 9.34. The van der Waals surface area contributed by atoms with E-state index in [1.54, 1.807) is 4.90 Å². The first kappa shape index (κ1) is 24.9. The molecule has 10 heteroatoms. The first-order valence-corrected chi connectivity index (χ1v) is 10.8. The van der Waals surface area contributed by atoms with E-state index in [1.807, 2.05) is 6.92 Å². The van der Waals surface area contributed by atoms with E-state index in [0.717, 1.165) is 12.1 Å². The van der Waals surface area contributed by atoms with E-state index in [1.165, 1.54) is 12.1 Å². The highest BCUT2D eigenvalue weighted by Gasteiger charge is 2.52. The molecule has 0 N–H and O–H groups in total. The van der Waals surface area contributed by atoms with Gasteiger partial charge in [0, 0.05) is 18.1 Å². The lowest BCUT2D eigenvalue weighted by Crippen LogP contribution is -2.50. The lowest BCUT2D eigenvalue weighted by atomic mass is 9.77. The molecule has 2 aromatic rings. The first-order chi connectivity index (χ1) is 15.6. The lowest BCUT2D eigenvalue weighted by molar-refractivity contribution is -0.142. The van der Waals surface area contributed by atoms with Crippen LogP contribution in [0.25, 0.3) is 0 Å². The Balaban J connectivity index is 1.78. The third-order valence-corrected chi connectivity index (χ3v) is 7.07. The maximum atomic E-state index is 13.7. The van der Waals surface area contributed by atoms with Gasteiger partial charge in [-0.25, -0.2) is 0 Å². The molecule has 4 rings (SSSR count). The van der Waals surface area contributed by atoms with Gasteiger partial charge < -0.3 is 0 Å². The molecule has 186 valence electrons. The second kappa shape index (κ2) is 8.17. The summed E-state index contributed by atoms with van der Waals surface area (Å²) in [5.41, 5.74) is -3.94. The van der Waals surface area contributed by atoms with E-state index < -0.39 is 46.3 Å². The number of hydrogen-bond donors (Lipinski definition) is 0. The number of hydrogen-bond acceptors (Lipinski definition) is 1. The average Bonchev–Trinajstić information content (AvgIpc) is 2.93. The molecule has 0 amide bonds. The summed E-state index contributed by atoms with van der Waals surface area (Å²) in [4.78, 5) is 1.78. The zero-order chi connectivity index (χ0) is 25.1. The van der Waals surface area contributed by atoms with Crippen LogP contribution >= 0.6 is 0 Å². The Labute approximate surface area is 190 Å². The van der Waals surface area contributed by atoms with Crippen molar-refractivity contribution in [1.29, 1.82) is 0 Å². The normalized spacial score (nSPS) is 26.2. The monoisotopic (exact) mass is 495 g/mol. The van der Waals surface area contributed by atoms with Gasteiger partial charge in [-0.2, -0.15) is 39.5 Å². The zero-order valence-electron chi connectivity index (χ0n) is 18.1. The summed E-state index contributed by atoms with van der Waals surface area (Å²) in [5.74, 6) is 0.162. The number of nitrogens with zero attached hydrogens (tertiary/aromatic N) is 1. The Bertz CT molecular complexity index is 1040. The Hall–Kier alpha value is -2.23. The van der Waals surface area contributed by atoms with Crippen LogP contribution in [0.1, 0.15) is 60.4 Å². The van der Waals surface area contributed by atoms with Gasteiger partial charge in [-0.15, -0.1) is 0 Å². The molecular formula is C24H22F9N. The van der Waals surface area contributed by atoms with Crippen LogP contribution in [0.4, 0.5) is 39.5 Å². The highest BCUT2D eigenvalue weighted by atomic mass is 19.4. The van der Waals surface area contributed by atoms with E-state index >= 15 is 0 Å². The van der Waals surface area contributed by atoms with Crippen molar-refractivity contribution in [2.75, 3.05) is 0 Å². The van der Waals surface area contributed by atoms with Crippen LogP contribution < -0.4 is 0 Å². The number of halogens is 9. The molecule has 34 heavy (non-hydrogen) atoms. The number of alkyl halides is 9. The third kappa shape index (κ3) is 4.53. The number of rotatable bonds is 3. The van der Waals surface area contributed by atoms with Gasteiger partial charge in [-0.3, -0.25) is 4.90 Å². The fourth-order valence-corrected chi connectivity index (χ4v) is 5.68. The Kier molecular flexibility index (Phi) is 5.98. The van der Waals surface area contributed by atoms with Crippen LogP contribution in [-0.2, 0) is 30.6 Å². The maximum Gasteiger partial charge on any atom is 0.416 e. The standard InChI is InChI=1S/C24H22F9N/c1-14-10-19-8-9-21(12-14,16-2-4-17(5-3-16)22(25,26)27)34(19)13-15-11-18(23(28,29)30)6-7-20(15)24(31,32)33/h2-7,11,14,19H,8-10,12-13H2,1H3/t14-,19-,21+/m1/s1. The molecule has 0 aromatic heterocycles. The fourth-order valence-electron chi connectivity index (χ4n) is 5.68. The molecule has 2 heterocycles. The molecule has 0 spiro atoms. The SMILES string of the molecule is C[C@@H]1C[C@H]2CC[C@@](c3ccc(C(F)(F)F)cc3)(C1)N2Cc1cc(C(F)(F)F)ccc1C(F)(F)F. The van der Waals surface area contributed by atoms with Gasteiger partial charge in [0.2, 0.25) is 0 Å². The molecule has 2 aliphatic heterocycles.